The van der Waals surface area contributed by atoms with Gasteiger partial charge in [0.05, 0.1) is 5.56 Å². The average molecular weight is 350 g/mol. The number of nitrogens with zero attached hydrogens (tertiary/aromatic N) is 1. The number of amides is 1. The SMILES string of the molecule is Cc1c(C)c(C(=O)NC2CC2)n(Cc2cccc(C(F)(F)F)c2)c1C. The van der Waals surface area contributed by atoms with Gasteiger partial charge in [-0.25, -0.2) is 0 Å². The van der Waals surface area contributed by atoms with Crippen LogP contribution in [0.25, 0.3) is 0 Å². The van der Waals surface area contributed by atoms with Crippen LogP contribution in [0.3, 0.4) is 0 Å². The van der Waals surface area contributed by atoms with Crippen molar-refractivity contribution in [1.82, 2.24) is 9.88 Å². The van der Waals surface area contributed by atoms with E-state index in [4.69, 9.17) is 0 Å². The molecule has 1 fully saturated rings. The first-order chi connectivity index (χ1) is 11.7. The van der Waals surface area contributed by atoms with Crippen molar-refractivity contribution in [2.45, 2.75) is 52.4 Å². The van der Waals surface area contributed by atoms with Crippen molar-refractivity contribution in [3.05, 3.63) is 57.9 Å². The molecule has 1 saturated carbocycles. The van der Waals surface area contributed by atoms with Crippen LogP contribution >= 0.6 is 0 Å². The Labute approximate surface area is 144 Å². The van der Waals surface area contributed by atoms with Crippen molar-refractivity contribution in [2.24, 2.45) is 0 Å². The molecule has 1 amide bonds. The van der Waals surface area contributed by atoms with Gasteiger partial charge in [0.25, 0.3) is 5.91 Å². The molecule has 3 nitrogen and oxygen atoms in total. The molecule has 2 aromatic rings. The first-order valence-electron chi connectivity index (χ1n) is 8.31. The highest BCUT2D eigenvalue weighted by Gasteiger charge is 2.31. The molecule has 0 radical (unpaired) electrons. The lowest BCUT2D eigenvalue weighted by Crippen LogP contribution is -2.28. The number of hydrogen-bond acceptors (Lipinski definition) is 1. The van der Waals surface area contributed by atoms with Crippen LogP contribution in [0.5, 0.6) is 0 Å². The summed E-state index contributed by atoms with van der Waals surface area (Å²) >= 11 is 0. The average Bonchev–Trinajstić information content (AvgIpc) is 3.32. The molecule has 1 N–H and O–H groups in total. The first kappa shape index (κ1) is 17.6. The van der Waals surface area contributed by atoms with Crippen LogP contribution in [-0.4, -0.2) is 16.5 Å². The van der Waals surface area contributed by atoms with Crippen molar-refractivity contribution >= 4 is 5.91 Å². The van der Waals surface area contributed by atoms with Gasteiger partial charge in [0.2, 0.25) is 0 Å². The summed E-state index contributed by atoms with van der Waals surface area (Å²) in [5, 5.41) is 2.97. The largest absolute Gasteiger partial charge is 0.416 e. The minimum atomic E-state index is -4.38. The van der Waals surface area contributed by atoms with Gasteiger partial charge in [-0.2, -0.15) is 13.2 Å². The second kappa shape index (κ2) is 6.24. The number of halogens is 3. The van der Waals surface area contributed by atoms with Crippen molar-refractivity contribution < 1.29 is 18.0 Å². The molecule has 1 aliphatic carbocycles. The first-order valence-corrected chi connectivity index (χ1v) is 8.31. The minimum absolute atomic E-state index is 0.150. The Bertz CT molecular complexity index is 817. The molecule has 0 spiro atoms. The number of rotatable bonds is 4. The summed E-state index contributed by atoms with van der Waals surface area (Å²) in [6.45, 7) is 5.94. The maximum absolute atomic E-state index is 12.9. The van der Waals surface area contributed by atoms with E-state index in [9.17, 15) is 18.0 Å². The van der Waals surface area contributed by atoms with E-state index in [0.29, 0.717) is 11.3 Å². The lowest BCUT2D eigenvalue weighted by Gasteiger charge is -2.14. The zero-order valence-electron chi connectivity index (χ0n) is 14.5. The molecule has 3 rings (SSSR count). The van der Waals surface area contributed by atoms with Crippen LogP contribution in [-0.2, 0) is 12.7 Å². The van der Waals surface area contributed by atoms with Gasteiger partial charge >= 0.3 is 6.18 Å². The summed E-state index contributed by atoms with van der Waals surface area (Å²) in [5.74, 6) is -0.150. The molecule has 25 heavy (non-hydrogen) atoms. The highest BCUT2D eigenvalue weighted by atomic mass is 19.4. The van der Waals surface area contributed by atoms with E-state index in [0.717, 1.165) is 41.8 Å². The summed E-state index contributed by atoms with van der Waals surface area (Å²) in [5.41, 5.74) is 3.16. The quantitative estimate of drug-likeness (QED) is 0.873. The molecule has 1 aromatic heterocycles. The fraction of sp³-hybridized carbons (Fsp3) is 0.421. The number of carbonyl (C=O) groups is 1. The molecule has 134 valence electrons. The van der Waals surface area contributed by atoms with E-state index in [1.54, 1.807) is 6.07 Å². The van der Waals surface area contributed by atoms with Crippen LogP contribution in [0.1, 0.15) is 51.3 Å². The van der Waals surface area contributed by atoms with Gasteiger partial charge in [-0.1, -0.05) is 12.1 Å². The monoisotopic (exact) mass is 350 g/mol. The van der Waals surface area contributed by atoms with Gasteiger partial charge in [0.15, 0.2) is 0 Å². The van der Waals surface area contributed by atoms with Gasteiger partial charge in [-0.05, 0) is 62.4 Å². The smallest absolute Gasteiger partial charge is 0.348 e. The normalized spacial score (nSPS) is 14.6. The molecular formula is C19H21F3N2O. The van der Waals surface area contributed by atoms with Crippen LogP contribution in [0.4, 0.5) is 13.2 Å². The number of alkyl halides is 3. The third-order valence-corrected chi connectivity index (χ3v) is 4.86. The fourth-order valence-electron chi connectivity index (χ4n) is 3.02. The third-order valence-electron chi connectivity index (χ3n) is 4.86. The van der Waals surface area contributed by atoms with Gasteiger partial charge in [-0.3, -0.25) is 4.79 Å². The van der Waals surface area contributed by atoms with E-state index in [-0.39, 0.29) is 18.5 Å². The lowest BCUT2D eigenvalue weighted by molar-refractivity contribution is -0.137. The molecule has 0 bridgehead atoms. The zero-order valence-corrected chi connectivity index (χ0v) is 14.5. The van der Waals surface area contributed by atoms with E-state index >= 15 is 0 Å². The van der Waals surface area contributed by atoms with Crippen LogP contribution in [0.2, 0.25) is 0 Å². The fourth-order valence-corrected chi connectivity index (χ4v) is 3.02. The predicted molar refractivity (Wildman–Crippen MR) is 89.7 cm³/mol. The Morgan fingerprint density at radius 3 is 2.48 bits per heavy atom. The summed E-state index contributed by atoms with van der Waals surface area (Å²) < 4.78 is 40.6. The molecular weight excluding hydrogens is 329 g/mol. The number of aromatic nitrogens is 1. The molecule has 1 aliphatic rings. The second-order valence-corrected chi connectivity index (χ2v) is 6.72. The molecule has 1 aromatic carbocycles. The number of nitrogens with one attached hydrogen (secondary N) is 1. The second-order valence-electron chi connectivity index (χ2n) is 6.72. The minimum Gasteiger partial charge on any atom is -0.348 e. The van der Waals surface area contributed by atoms with E-state index < -0.39 is 11.7 Å². The molecule has 0 unspecified atom stereocenters. The summed E-state index contributed by atoms with van der Waals surface area (Å²) in [6.07, 6.45) is -2.41. The summed E-state index contributed by atoms with van der Waals surface area (Å²) in [7, 11) is 0. The third kappa shape index (κ3) is 3.57. The lowest BCUT2D eigenvalue weighted by atomic mass is 10.1. The molecule has 0 atom stereocenters. The van der Waals surface area contributed by atoms with E-state index in [2.05, 4.69) is 5.32 Å². The Kier molecular flexibility index (Phi) is 4.39. The van der Waals surface area contributed by atoms with Gasteiger partial charge in [0, 0.05) is 18.3 Å². The Balaban J connectivity index is 1.97. The Morgan fingerprint density at radius 2 is 1.88 bits per heavy atom. The van der Waals surface area contributed by atoms with Crippen molar-refractivity contribution in [3.63, 3.8) is 0 Å². The van der Waals surface area contributed by atoms with Gasteiger partial charge in [0.1, 0.15) is 5.69 Å². The predicted octanol–water partition coefficient (Wildman–Crippen LogP) is 4.37. The summed E-state index contributed by atoms with van der Waals surface area (Å²) in [6, 6.07) is 5.49. The molecule has 0 saturated heterocycles. The van der Waals surface area contributed by atoms with Crippen molar-refractivity contribution in [1.29, 1.82) is 0 Å². The van der Waals surface area contributed by atoms with Crippen LogP contribution in [0.15, 0.2) is 24.3 Å². The summed E-state index contributed by atoms with van der Waals surface area (Å²) in [4.78, 5) is 12.6. The molecule has 6 heteroatoms. The Hall–Kier alpha value is -2.24. The van der Waals surface area contributed by atoms with Gasteiger partial charge < -0.3 is 9.88 Å². The molecule has 0 aliphatic heterocycles. The highest BCUT2D eigenvalue weighted by Crippen LogP contribution is 2.30. The van der Waals surface area contributed by atoms with E-state index in [1.165, 1.54) is 6.07 Å². The maximum atomic E-state index is 12.9. The number of carbonyl (C=O) groups excluding carboxylic acids is 1. The van der Waals surface area contributed by atoms with Crippen LogP contribution < -0.4 is 5.32 Å². The standard InChI is InChI=1S/C19H21F3N2O/c1-11-12(2)17(18(25)23-16-7-8-16)24(13(11)3)10-14-5-4-6-15(9-14)19(20,21)22/h4-6,9,16H,7-8,10H2,1-3H3,(H,23,25). The number of benzene rings is 1. The zero-order chi connectivity index (χ0) is 18.4. The number of hydrogen-bond donors (Lipinski definition) is 1. The Morgan fingerprint density at radius 1 is 1.20 bits per heavy atom. The maximum Gasteiger partial charge on any atom is 0.416 e. The van der Waals surface area contributed by atoms with Gasteiger partial charge in [-0.15, -0.1) is 0 Å². The van der Waals surface area contributed by atoms with Crippen LogP contribution in [0, 0.1) is 20.8 Å². The molecule has 1 heterocycles. The van der Waals surface area contributed by atoms with E-state index in [1.807, 2.05) is 25.3 Å². The topological polar surface area (TPSA) is 34.0 Å². The van der Waals surface area contributed by atoms with Crippen molar-refractivity contribution in [3.8, 4) is 0 Å². The van der Waals surface area contributed by atoms with Crippen molar-refractivity contribution in [2.75, 3.05) is 0 Å². The highest BCUT2D eigenvalue weighted by molar-refractivity contribution is 5.95.